The molecule has 2 nitrogen and oxygen atoms in total. The summed E-state index contributed by atoms with van der Waals surface area (Å²) >= 11 is 0. The van der Waals surface area contributed by atoms with E-state index in [1.54, 1.807) is 0 Å². The first-order valence-corrected chi connectivity index (χ1v) is 12.7. The minimum Gasteiger partial charge on any atom is -0.0628 e. The highest BCUT2D eigenvalue weighted by atomic mass is 16.3. The van der Waals surface area contributed by atoms with Gasteiger partial charge < -0.3 is 0 Å². The Bertz CT molecular complexity index is 585. The molecule has 0 aromatic carbocycles. The maximum Gasteiger partial charge on any atom is 0.195 e. The average molecular weight is 389 g/mol. The minimum absolute atomic E-state index is 0.451. The average Bonchev–Trinajstić information content (AvgIpc) is 2.99. The summed E-state index contributed by atoms with van der Waals surface area (Å²) in [5.74, 6) is 6.19. The molecule has 0 N–H and O–H groups in total. The lowest BCUT2D eigenvalue weighted by Gasteiger charge is -2.59. The zero-order valence-corrected chi connectivity index (χ0v) is 19.4. The van der Waals surface area contributed by atoms with E-state index in [2.05, 4.69) is 34.6 Å². The summed E-state index contributed by atoms with van der Waals surface area (Å²) in [4.78, 5) is 12.0. The van der Waals surface area contributed by atoms with Crippen LogP contribution in [0.25, 0.3) is 0 Å². The molecule has 3 aliphatic carbocycles. The summed E-state index contributed by atoms with van der Waals surface area (Å²) < 4.78 is 1.37. The monoisotopic (exact) mass is 388 g/mol. The van der Waals surface area contributed by atoms with Crippen LogP contribution in [-0.2, 0) is 0 Å². The SMILES string of the molecule is CC(C)CCC[C@@H](C)[C@H]1CC[C@H]2[C@@H]3CCC4C[N+](=O)CC[C@]4(C)[C@H]3CC[C@]12C. The molecule has 4 aliphatic rings. The van der Waals surface area contributed by atoms with Crippen molar-refractivity contribution in [3.63, 3.8) is 0 Å². The van der Waals surface area contributed by atoms with Crippen molar-refractivity contribution in [3.05, 3.63) is 4.91 Å². The molecule has 2 heteroatoms. The van der Waals surface area contributed by atoms with Gasteiger partial charge in [0.05, 0.1) is 0 Å². The van der Waals surface area contributed by atoms with Gasteiger partial charge in [0.25, 0.3) is 0 Å². The van der Waals surface area contributed by atoms with Gasteiger partial charge in [0, 0.05) is 17.2 Å². The molecule has 1 aliphatic heterocycles. The van der Waals surface area contributed by atoms with E-state index >= 15 is 0 Å². The van der Waals surface area contributed by atoms with Crippen molar-refractivity contribution in [2.45, 2.75) is 98.8 Å². The number of nitrogens with zero attached hydrogens (tertiary/aromatic N) is 1. The van der Waals surface area contributed by atoms with Crippen LogP contribution >= 0.6 is 0 Å². The molecule has 0 aromatic rings. The van der Waals surface area contributed by atoms with Crippen LogP contribution in [0.1, 0.15) is 98.8 Å². The third-order valence-corrected chi connectivity index (χ3v) is 10.6. The predicted molar refractivity (Wildman–Crippen MR) is 117 cm³/mol. The molecule has 0 amide bonds. The summed E-state index contributed by atoms with van der Waals surface area (Å²) in [5.41, 5.74) is 1.05. The van der Waals surface area contributed by atoms with Gasteiger partial charge in [0.15, 0.2) is 13.1 Å². The van der Waals surface area contributed by atoms with Gasteiger partial charge >= 0.3 is 0 Å². The van der Waals surface area contributed by atoms with E-state index in [4.69, 9.17) is 0 Å². The van der Waals surface area contributed by atoms with E-state index in [0.29, 0.717) is 16.7 Å². The zero-order valence-electron chi connectivity index (χ0n) is 19.4. The molecule has 0 bridgehead atoms. The van der Waals surface area contributed by atoms with Crippen LogP contribution in [0, 0.1) is 57.2 Å². The fraction of sp³-hybridized carbons (Fsp3) is 1.00. The summed E-state index contributed by atoms with van der Waals surface area (Å²) in [6, 6.07) is 0. The molecular weight excluding hydrogens is 342 g/mol. The summed E-state index contributed by atoms with van der Waals surface area (Å²) in [7, 11) is 0. The molecule has 3 saturated carbocycles. The van der Waals surface area contributed by atoms with Crippen LogP contribution in [0.15, 0.2) is 0 Å². The summed E-state index contributed by atoms with van der Waals surface area (Å²) in [5, 5.41) is 0. The Morgan fingerprint density at radius 2 is 1.64 bits per heavy atom. The van der Waals surface area contributed by atoms with E-state index < -0.39 is 0 Å². The normalized spacial score (nSPS) is 46.8. The number of rotatable bonds is 5. The molecule has 160 valence electrons. The fourth-order valence-corrected chi connectivity index (χ4v) is 8.95. The second-order valence-corrected chi connectivity index (χ2v) is 12.3. The van der Waals surface area contributed by atoms with E-state index in [1.165, 1.54) is 62.5 Å². The maximum atomic E-state index is 12.0. The van der Waals surface area contributed by atoms with Crippen LogP contribution in [0.4, 0.5) is 0 Å². The highest BCUT2D eigenvalue weighted by Crippen LogP contribution is 2.67. The molecular formula is C26H46NO+. The van der Waals surface area contributed by atoms with Gasteiger partial charge in [-0.1, -0.05) is 53.9 Å². The standard InChI is InChI=1S/C26H46NO/c1-18(2)7-6-8-19(3)22-11-12-23-21-10-9-20-17-27(28)16-15-25(20,4)24(21)13-14-26(22,23)5/h18-24H,6-17H2,1-5H3/q+1/t19-,20?,21+,22-,23+,24+,25+,26-/m1/s1. The fourth-order valence-electron chi connectivity index (χ4n) is 8.95. The Kier molecular flexibility index (Phi) is 5.73. The predicted octanol–water partition coefficient (Wildman–Crippen LogP) is 7.11. The first kappa shape index (κ1) is 20.9. The van der Waals surface area contributed by atoms with Gasteiger partial charge in [-0.2, -0.15) is 0 Å². The Morgan fingerprint density at radius 3 is 2.39 bits per heavy atom. The van der Waals surface area contributed by atoms with E-state index in [1.807, 2.05) is 0 Å². The van der Waals surface area contributed by atoms with Crippen LogP contribution in [-0.4, -0.2) is 17.8 Å². The molecule has 28 heavy (non-hydrogen) atoms. The van der Waals surface area contributed by atoms with Crippen molar-refractivity contribution in [1.82, 2.24) is 0 Å². The second kappa shape index (κ2) is 7.69. The molecule has 0 aromatic heterocycles. The van der Waals surface area contributed by atoms with Crippen molar-refractivity contribution in [3.8, 4) is 0 Å². The summed E-state index contributed by atoms with van der Waals surface area (Å²) in [6.45, 7) is 14.2. The van der Waals surface area contributed by atoms with Gasteiger partial charge in [-0.05, 0) is 89.6 Å². The van der Waals surface area contributed by atoms with E-state index in [0.717, 1.165) is 55.0 Å². The van der Waals surface area contributed by atoms with Gasteiger partial charge in [-0.3, -0.25) is 0 Å². The highest BCUT2D eigenvalue weighted by molar-refractivity contribution is 5.09. The quantitative estimate of drug-likeness (QED) is 0.460. The number of piperidine rings is 1. The molecule has 1 unspecified atom stereocenters. The lowest BCUT2D eigenvalue weighted by molar-refractivity contribution is -0.577. The third-order valence-electron chi connectivity index (χ3n) is 10.6. The molecule has 1 heterocycles. The van der Waals surface area contributed by atoms with Gasteiger partial charge in [-0.25, -0.2) is 0 Å². The van der Waals surface area contributed by atoms with Crippen LogP contribution in [0.3, 0.4) is 0 Å². The minimum atomic E-state index is 0.451. The second-order valence-electron chi connectivity index (χ2n) is 12.3. The van der Waals surface area contributed by atoms with Crippen LogP contribution in [0.5, 0.6) is 0 Å². The molecule has 1 saturated heterocycles. The van der Waals surface area contributed by atoms with Crippen molar-refractivity contribution < 1.29 is 4.76 Å². The Morgan fingerprint density at radius 1 is 0.893 bits per heavy atom. The van der Waals surface area contributed by atoms with Crippen molar-refractivity contribution >= 4 is 0 Å². The number of nitroso groups, excluding NO2 is 1. The van der Waals surface area contributed by atoms with Gasteiger partial charge in [0.1, 0.15) is 0 Å². The highest BCUT2D eigenvalue weighted by Gasteiger charge is 2.61. The first-order chi connectivity index (χ1) is 13.3. The third kappa shape index (κ3) is 3.39. The summed E-state index contributed by atoms with van der Waals surface area (Å²) in [6.07, 6.45) is 14.0. The van der Waals surface area contributed by atoms with Gasteiger partial charge in [0.2, 0.25) is 0 Å². The number of hydrogen-bond donors (Lipinski definition) is 0. The van der Waals surface area contributed by atoms with Crippen LogP contribution in [0.2, 0.25) is 0 Å². The van der Waals surface area contributed by atoms with E-state index in [9.17, 15) is 4.91 Å². The molecule has 8 atom stereocenters. The molecule has 4 fully saturated rings. The number of hydrogen-bond acceptors (Lipinski definition) is 1. The topological polar surface area (TPSA) is 20.1 Å². The molecule has 0 spiro atoms. The zero-order chi connectivity index (χ0) is 20.1. The largest absolute Gasteiger partial charge is 0.195 e. The lowest BCUT2D eigenvalue weighted by Crippen LogP contribution is -2.55. The van der Waals surface area contributed by atoms with Gasteiger partial charge in [-0.15, -0.1) is 0 Å². The molecule has 4 rings (SSSR count). The van der Waals surface area contributed by atoms with Crippen molar-refractivity contribution in [2.75, 3.05) is 13.1 Å². The number of fused-ring (bicyclic) bond motifs is 5. The Labute approximate surface area is 174 Å². The van der Waals surface area contributed by atoms with Crippen molar-refractivity contribution in [1.29, 1.82) is 0 Å². The maximum absolute atomic E-state index is 12.0. The first-order valence-electron chi connectivity index (χ1n) is 12.7. The molecule has 0 radical (unpaired) electrons. The Hall–Kier alpha value is -0.400. The van der Waals surface area contributed by atoms with E-state index in [-0.39, 0.29) is 0 Å². The van der Waals surface area contributed by atoms with Crippen LogP contribution < -0.4 is 0 Å². The lowest BCUT2D eigenvalue weighted by atomic mass is 9.45. The smallest absolute Gasteiger partial charge is 0.0628 e. The Balaban J connectivity index is 1.47. The van der Waals surface area contributed by atoms with Crippen molar-refractivity contribution in [2.24, 2.45) is 52.3 Å².